The van der Waals surface area contributed by atoms with Gasteiger partial charge in [0.2, 0.25) is 5.91 Å². The largest absolute Gasteiger partial charge is 0.408 e. The van der Waals surface area contributed by atoms with Gasteiger partial charge >= 0.3 is 6.18 Å². The molecule has 1 aromatic carbocycles. The standard InChI is InChI=1S/C20H24F3N3O2/c1-13-5-4-6-16(9-13)10-18(27)25-7-8-28-11-17(25)19-14(2)24-26(15(19)3)12-20(21,22)23/h4-6,9,17H,7-8,10-12H2,1-3H3. The summed E-state index contributed by atoms with van der Waals surface area (Å²) < 4.78 is 45.0. The highest BCUT2D eigenvalue weighted by Crippen LogP contribution is 2.31. The summed E-state index contributed by atoms with van der Waals surface area (Å²) in [5.74, 6) is -0.0683. The number of carbonyl (C=O) groups excluding carboxylic acids is 1. The van der Waals surface area contributed by atoms with E-state index in [0.29, 0.717) is 30.1 Å². The lowest BCUT2D eigenvalue weighted by atomic mass is 10.0. The third-order valence-corrected chi connectivity index (χ3v) is 4.99. The van der Waals surface area contributed by atoms with Crippen molar-refractivity contribution in [1.29, 1.82) is 0 Å². The molecule has 28 heavy (non-hydrogen) atoms. The van der Waals surface area contributed by atoms with Crippen molar-refractivity contribution in [2.24, 2.45) is 0 Å². The number of aryl methyl sites for hydroxylation is 2. The van der Waals surface area contributed by atoms with Crippen LogP contribution in [-0.2, 0) is 22.5 Å². The number of hydrogen-bond acceptors (Lipinski definition) is 3. The van der Waals surface area contributed by atoms with E-state index in [9.17, 15) is 18.0 Å². The van der Waals surface area contributed by atoms with Crippen LogP contribution in [0, 0.1) is 20.8 Å². The Morgan fingerprint density at radius 2 is 2.04 bits per heavy atom. The summed E-state index contributed by atoms with van der Waals surface area (Å²) in [6, 6.07) is 7.30. The van der Waals surface area contributed by atoms with Gasteiger partial charge in [-0.1, -0.05) is 29.8 Å². The summed E-state index contributed by atoms with van der Waals surface area (Å²) >= 11 is 0. The van der Waals surface area contributed by atoms with Crippen LogP contribution in [0.3, 0.4) is 0 Å². The van der Waals surface area contributed by atoms with Crippen LogP contribution >= 0.6 is 0 Å². The van der Waals surface area contributed by atoms with Crippen molar-refractivity contribution in [3.63, 3.8) is 0 Å². The van der Waals surface area contributed by atoms with Gasteiger partial charge in [-0.05, 0) is 26.3 Å². The summed E-state index contributed by atoms with van der Waals surface area (Å²) in [6.45, 7) is 5.16. The monoisotopic (exact) mass is 395 g/mol. The molecule has 1 aliphatic heterocycles. The molecule has 8 heteroatoms. The van der Waals surface area contributed by atoms with Gasteiger partial charge in [-0.3, -0.25) is 9.48 Å². The molecular formula is C20H24F3N3O2. The van der Waals surface area contributed by atoms with Gasteiger partial charge < -0.3 is 9.64 Å². The Labute approximate surface area is 162 Å². The van der Waals surface area contributed by atoms with Crippen molar-refractivity contribution < 1.29 is 22.7 Å². The molecule has 1 amide bonds. The molecule has 1 aliphatic rings. The molecule has 0 radical (unpaired) electrons. The predicted octanol–water partition coefficient (Wildman–Crippen LogP) is 3.51. The van der Waals surface area contributed by atoms with Crippen molar-refractivity contribution >= 4 is 5.91 Å². The molecule has 1 fully saturated rings. The highest BCUT2D eigenvalue weighted by atomic mass is 19.4. The minimum atomic E-state index is -4.36. The summed E-state index contributed by atoms with van der Waals surface area (Å²) in [6.07, 6.45) is -4.11. The van der Waals surface area contributed by atoms with Crippen LogP contribution in [0.2, 0.25) is 0 Å². The number of carbonyl (C=O) groups is 1. The molecule has 0 N–H and O–H groups in total. The van der Waals surface area contributed by atoms with Gasteiger partial charge in [-0.2, -0.15) is 18.3 Å². The molecule has 2 heterocycles. The minimum Gasteiger partial charge on any atom is -0.377 e. The van der Waals surface area contributed by atoms with Gasteiger partial charge in [0.25, 0.3) is 0 Å². The molecule has 1 saturated heterocycles. The molecule has 1 aromatic heterocycles. The Morgan fingerprint density at radius 1 is 1.29 bits per heavy atom. The summed E-state index contributed by atoms with van der Waals surface area (Å²) in [5, 5.41) is 4.06. The van der Waals surface area contributed by atoms with Crippen molar-refractivity contribution in [2.75, 3.05) is 19.8 Å². The molecule has 3 rings (SSSR count). The van der Waals surface area contributed by atoms with Crippen molar-refractivity contribution in [2.45, 2.75) is 46.0 Å². The average Bonchev–Trinajstić information content (AvgIpc) is 2.86. The summed E-state index contributed by atoms with van der Waals surface area (Å²) in [4.78, 5) is 14.7. The van der Waals surface area contributed by atoms with Crippen LogP contribution in [0.15, 0.2) is 24.3 Å². The molecule has 0 saturated carbocycles. The minimum absolute atomic E-state index is 0.0683. The highest BCUT2D eigenvalue weighted by molar-refractivity contribution is 5.79. The van der Waals surface area contributed by atoms with E-state index >= 15 is 0 Å². The first-order chi connectivity index (χ1) is 13.2. The fourth-order valence-electron chi connectivity index (χ4n) is 3.76. The van der Waals surface area contributed by atoms with E-state index in [0.717, 1.165) is 15.8 Å². The van der Waals surface area contributed by atoms with Crippen LogP contribution < -0.4 is 0 Å². The maximum Gasteiger partial charge on any atom is 0.408 e. The number of aromatic nitrogens is 2. The topological polar surface area (TPSA) is 47.4 Å². The van der Waals surface area contributed by atoms with Crippen LogP contribution in [0.25, 0.3) is 0 Å². The van der Waals surface area contributed by atoms with E-state index in [1.54, 1.807) is 18.7 Å². The third-order valence-electron chi connectivity index (χ3n) is 4.99. The smallest absolute Gasteiger partial charge is 0.377 e. The maximum absolute atomic E-state index is 13.0. The molecule has 0 spiro atoms. The number of hydrogen-bond donors (Lipinski definition) is 0. The number of rotatable bonds is 4. The highest BCUT2D eigenvalue weighted by Gasteiger charge is 2.35. The number of halogens is 3. The van der Waals surface area contributed by atoms with Crippen molar-refractivity contribution in [3.05, 3.63) is 52.3 Å². The van der Waals surface area contributed by atoms with Crippen molar-refractivity contribution in [1.82, 2.24) is 14.7 Å². The Morgan fingerprint density at radius 3 is 2.71 bits per heavy atom. The fourth-order valence-corrected chi connectivity index (χ4v) is 3.76. The van der Waals surface area contributed by atoms with E-state index in [1.807, 2.05) is 31.2 Å². The van der Waals surface area contributed by atoms with E-state index in [-0.39, 0.29) is 18.9 Å². The third kappa shape index (κ3) is 4.55. The molecule has 5 nitrogen and oxygen atoms in total. The molecule has 152 valence electrons. The van der Waals surface area contributed by atoms with Gasteiger partial charge in [0, 0.05) is 17.8 Å². The van der Waals surface area contributed by atoms with E-state index in [4.69, 9.17) is 4.74 Å². The number of morpholine rings is 1. The molecule has 2 aromatic rings. The maximum atomic E-state index is 13.0. The molecule has 1 atom stereocenters. The number of amides is 1. The zero-order valence-corrected chi connectivity index (χ0v) is 16.2. The van der Waals surface area contributed by atoms with Gasteiger partial charge in [0.15, 0.2) is 0 Å². The number of alkyl halides is 3. The van der Waals surface area contributed by atoms with Gasteiger partial charge in [0.05, 0.1) is 31.4 Å². The molecular weight excluding hydrogens is 371 g/mol. The number of nitrogens with zero attached hydrogens (tertiary/aromatic N) is 3. The van der Waals surface area contributed by atoms with E-state index in [2.05, 4.69) is 5.10 Å². The Kier molecular flexibility index (Phi) is 5.79. The second-order valence-corrected chi connectivity index (χ2v) is 7.20. The van der Waals surface area contributed by atoms with Gasteiger partial charge in [-0.25, -0.2) is 0 Å². The van der Waals surface area contributed by atoms with Crippen molar-refractivity contribution in [3.8, 4) is 0 Å². The lowest BCUT2D eigenvalue weighted by Crippen LogP contribution is -2.44. The summed E-state index contributed by atoms with van der Waals surface area (Å²) in [5.41, 5.74) is 3.53. The predicted molar refractivity (Wildman–Crippen MR) is 97.9 cm³/mol. The molecule has 1 unspecified atom stereocenters. The Hall–Kier alpha value is -2.35. The Balaban J connectivity index is 1.86. The van der Waals surface area contributed by atoms with Crippen LogP contribution in [0.5, 0.6) is 0 Å². The number of ether oxygens (including phenoxy) is 1. The first-order valence-electron chi connectivity index (χ1n) is 9.19. The second kappa shape index (κ2) is 7.95. The van der Waals surface area contributed by atoms with Crippen LogP contribution in [0.1, 0.15) is 34.1 Å². The summed E-state index contributed by atoms with van der Waals surface area (Å²) in [7, 11) is 0. The van der Waals surface area contributed by atoms with Gasteiger partial charge in [0.1, 0.15) is 6.54 Å². The zero-order chi connectivity index (χ0) is 20.5. The first-order valence-corrected chi connectivity index (χ1v) is 9.19. The average molecular weight is 395 g/mol. The lowest BCUT2D eigenvalue weighted by molar-refractivity contribution is -0.143. The Bertz CT molecular complexity index is 861. The first kappa shape index (κ1) is 20.4. The normalized spacial score (nSPS) is 17.8. The molecule has 0 aliphatic carbocycles. The molecule has 0 bridgehead atoms. The van der Waals surface area contributed by atoms with E-state index in [1.165, 1.54) is 0 Å². The fraction of sp³-hybridized carbons (Fsp3) is 0.500. The quantitative estimate of drug-likeness (QED) is 0.796. The van der Waals surface area contributed by atoms with Crippen LogP contribution in [-0.4, -0.2) is 46.5 Å². The van der Waals surface area contributed by atoms with E-state index < -0.39 is 18.8 Å². The second-order valence-electron chi connectivity index (χ2n) is 7.20. The lowest BCUT2D eigenvalue weighted by Gasteiger charge is -2.36. The SMILES string of the molecule is Cc1cccc(CC(=O)N2CCOCC2c2c(C)nn(CC(F)(F)F)c2C)c1. The zero-order valence-electron chi connectivity index (χ0n) is 16.2. The van der Waals surface area contributed by atoms with Gasteiger partial charge in [-0.15, -0.1) is 0 Å². The van der Waals surface area contributed by atoms with Crippen LogP contribution in [0.4, 0.5) is 13.2 Å². The number of benzene rings is 1.